The van der Waals surface area contributed by atoms with E-state index in [9.17, 15) is 9.50 Å². The number of halogens is 1. The van der Waals surface area contributed by atoms with Crippen LogP contribution in [0.4, 0.5) is 10.2 Å². The van der Waals surface area contributed by atoms with Crippen molar-refractivity contribution in [3.63, 3.8) is 0 Å². The number of phenols is 1. The maximum atomic E-state index is 14.5. The van der Waals surface area contributed by atoms with E-state index in [1.165, 1.54) is 5.56 Å². The summed E-state index contributed by atoms with van der Waals surface area (Å²) in [6.07, 6.45) is 4.73. The van der Waals surface area contributed by atoms with Gasteiger partial charge in [-0.2, -0.15) is 9.97 Å². The number of ether oxygens (including phenoxy) is 2. The monoisotopic (exact) mass is 596 g/mol. The van der Waals surface area contributed by atoms with Crippen molar-refractivity contribution in [2.45, 2.75) is 75.3 Å². The molecule has 0 saturated carbocycles. The number of benzene rings is 2. The summed E-state index contributed by atoms with van der Waals surface area (Å²) in [6.45, 7) is 5.21. The molecule has 2 aromatic carbocycles. The third kappa shape index (κ3) is 4.06. The van der Waals surface area contributed by atoms with Gasteiger partial charge in [0, 0.05) is 37.2 Å². The zero-order chi connectivity index (χ0) is 29.6. The largest absolute Gasteiger partial charge is 0.508 e. The lowest BCUT2D eigenvalue weighted by Gasteiger charge is -2.40. The van der Waals surface area contributed by atoms with Gasteiger partial charge in [0.15, 0.2) is 0 Å². The first-order valence-electron chi connectivity index (χ1n) is 16.1. The van der Waals surface area contributed by atoms with Gasteiger partial charge in [-0.05, 0) is 73.2 Å². The molecule has 228 valence electrons. The highest BCUT2D eigenvalue weighted by Gasteiger charge is 2.50. The van der Waals surface area contributed by atoms with Crippen LogP contribution in [0, 0.1) is 0 Å². The number of hydrogen-bond acceptors (Lipinski definition) is 9. The summed E-state index contributed by atoms with van der Waals surface area (Å²) < 4.78 is 27.5. The molecular weight excluding hydrogens is 559 g/mol. The number of rotatable bonds is 5. The van der Waals surface area contributed by atoms with E-state index >= 15 is 0 Å². The second kappa shape index (κ2) is 9.87. The fourth-order valence-electron chi connectivity index (χ4n) is 8.73. The number of piperazine rings is 1. The van der Waals surface area contributed by atoms with Crippen LogP contribution in [0.5, 0.6) is 17.6 Å². The first-order valence-corrected chi connectivity index (χ1v) is 16.1. The highest BCUT2D eigenvalue weighted by atomic mass is 19.1. The van der Waals surface area contributed by atoms with Gasteiger partial charge in [-0.3, -0.25) is 4.90 Å². The standard InChI is InChI=1S/C34H37FN6O3/c1-2-19-5-3-6-20-11-23(42)12-24(29(19)20)26-13-27-30-31(41-16-22-7-8-25(36-22)28(41)17-43-32(30)37-26)39-33(38-27)44-18-34-9-4-10-40(34)15-21(35)14-34/h3,5-6,11-13,21-22,25,28,36,42H,2,4,7-10,14-18H2,1H3/t21-,22+,25-,28+,34-/m1/s1. The quantitative estimate of drug-likeness (QED) is 0.338. The lowest BCUT2D eigenvalue weighted by Crippen LogP contribution is -2.60. The third-order valence-corrected chi connectivity index (χ3v) is 10.8. The van der Waals surface area contributed by atoms with Crippen LogP contribution in [0.2, 0.25) is 0 Å². The summed E-state index contributed by atoms with van der Waals surface area (Å²) in [6, 6.07) is 12.9. The minimum absolute atomic E-state index is 0.108. The second-order valence-electron chi connectivity index (χ2n) is 13.3. The summed E-state index contributed by atoms with van der Waals surface area (Å²) in [7, 11) is 0. The Bertz CT molecular complexity index is 1800. The first-order chi connectivity index (χ1) is 21.5. The number of alkyl halides is 1. The molecule has 9 nitrogen and oxygen atoms in total. The Morgan fingerprint density at radius 2 is 2.07 bits per heavy atom. The van der Waals surface area contributed by atoms with Crippen LogP contribution in [0.25, 0.3) is 32.9 Å². The lowest BCUT2D eigenvalue weighted by molar-refractivity contribution is 0.107. The number of pyridine rings is 1. The van der Waals surface area contributed by atoms with Crippen LogP contribution >= 0.6 is 0 Å². The van der Waals surface area contributed by atoms with Crippen LogP contribution in [-0.4, -0.2) is 87.6 Å². The van der Waals surface area contributed by atoms with Gasteiger partial charge in [-0.15, -0.1) is 0 Å². The van der Waals surface area contributed by atoms with Crippen molar-refractivity contribution in [2.24, 2.45) is 0 Å². The molecule has 9 rings (SSSR count). The van der Waals surface area contributed by atoms with Gasteiger partial charge in [0.05, 0.1) is 22.8 Å². The maximum Gasteiger partial charge on any atom is 0.319 e. The number of nitrogens with zero attached hydrogens (tertiary/aromatic N) is 5. The topological polar surface area (TPSA) is 95.9 Å². The molecule has 5 aliphatic heterocycles. The van der Waals surface area contributed by atoms with Crippen molar-refractivity contribution in [1.29, 1.82) is 0 Å². The normalized spacial score (nSPS) is 29.1. The van der Waals surface area contributed by atoms with Crippen LogP contribution in [0.3, 0.4) is 0 Å². The lowest BCUT2D eigenvalue weighted by atomic mass is 9.95. The smallest absolute Gasteiger partial charge is 0.319 e. The summed E-state index contributed by atoms with van der Waals surface area (Å²) in [4.78, 5) is 19.7. The van der Waals surface area contributed by atoms with Gasteiger partial charge < -0.3 is 24.8 Å². The average Bonchev–Trinajstić information content (AvgIpc) is 3.66. The predicted molar refractivity (Wildman–Crippen MR) is 166 cm³/mol. The highest BCUT2D eigenvalue weighted by molar-refractivity contribution is 6.02. The Balaban J connectivity index is 1.21. The number of anilines is 1. The van der Waals surface area contributed by atoms with E-state index < -0.39 is 6.17 Å². The van der Waals surface area contributed by atoms with Crippen molar-refractivity contribution in [3.05, 3.63) is 42.0 Å². The second-order valence-corrected chi connectivity index (χ2v) is 13.3. The van der Waals surface area contributed by atoms with E-state index in [1.807, 2.05) is 18.2 Å². The molecular formula is C34H37FN6O3. The van der Waals surface area contributed by atoms with E-state index in [2.05, 4.69) is 28.1 Å². The number of phenolic OH excluding ortho intramolecular Hbond substituents is 1. The Labute approximate surface area is 255 Å². The Hall–Kier alpha value is -3.76. The molecule has 2 N–H and O–H groups in total. The molecule has 0 amide bonds. The van der Waals surface area contributed by atoms with E-state index in [1.54, 1.807) is 12.1 Å². The van der Waals surface area contributed by atoms with Crippen LogP contribution in [0.1, 0.15) is 44.6 Å². The summed E-state index contributed by atoms with van der Waals surface area (Å²) in [5, 5.41) is 17.3. The summed E-state index contributed by atoms with van der Waals surface area (Å²) in [5.74, 6) is 1.49. The molecule has 0 radical (unpaired) electrons. The van der Waals surface area contributed by atoms with E-state index in [4.69, 9.17) is 24.4 Å². The zero-order valence-corrected chi connectivity index (χ0v) is 24.9. The number of fused-ring (bicyclic) bond motifs is 7. The van der Waals surface area contributed by atoms with Crippen molar-refractivity contribution in [3.8, 4) is 28.9 Å². The molecule has 0 unspecified atom stereocenters. The van der Waals surface area contributed by atoms with Gasteiger partial charge in [0.1, 0.15) is 36.3 Å². The molecule has 7 heterocycles. The number of nitrogens with one attached hydrogen (secondary N) is 1. The Morgan fingerprint density at radius 1 is 1.14 bits per heavy atom. The summed E-state index contributed by atoms with van der Waals surface area (Å²) >= 11 is 0. The molecule has 4 fully saturated rings. The van der Waals surface area contributed by atoms with Crippen LogP contribution < -0.4 is 19.7 Å². The number of hydrogen-bond donors (Lipinski definition) is 2. The molecule has 4 aromatic rings. The fraction of sp³-hybridized carbons (Fsp3) is 0.500. The van der Waals surface area contributed by atoms with Gasteiger partial charge >= 0.3 is 6.01 Å². The number of aromatic hydroxyl groups is 1. The van der Waals surface area contributed by atoms with E-state index in [0.29, 0.717) is 61.4 Å². The molecule has 4 saturated heterocycles. The maximum absolute atomic E-state index is 14.5. The number of aromatic nitrogens is 3. The van der Waals surface area contributed by atoms with Crippen molar-refractivity contribution in [2.75, 3.05) is 37.7 Å². The highest BCUT2D eigenvalue weighted by Crippen LogP contribution is 2.44. The fourth-order valence-corrected chi connectivity index (χ4v) is 8.73. The van der Waals surface area contributed by atoms with Crippen molar-refractivity contribution < 1.29 is 19.0 Å². The van der Waals surface area contributed by atoms with Gasteiger partial charge in [0.2, 0.25) is 5.88 Å². The molecule has 0 spiro atoms. The predicted octanol–water partition coefficient (Wildman–Crippen LogP) is 4.77. The van der Waals surface area contributed by atoms with Crippen LogP contribution in [-0.2, 0) is 6.42 Å². The molecule has 2 bridgehead atoms. The Kier molecular flexibility index (Phi) is 5.97. The Morgan fingerprint density at radius 3 is 2.98 bits per heavy atom. The minimum atomic E-state index is -0.823. The van der Waals surface area contributed by atoms with Crippen molar-refractivity contribution >= 4 is 27.5 Å². The summed E-state index contributed by atoms with van der Waals surface area (Å²) in [5.41, 5.74) is 3.10. The van der Waals surface area contributed by atoms with Gasteiger partial charge in [0.25, 0.3) is 0 Å². The SMILES string of the molecule is CCc1cccc2cc(O)cc(-c3cc4nc(OC[C@]56CCCN5C[C@H](F)C6)nc5c4c(n3)OC[C@H]3[C@H]4CC[C@@H](CN53)N4)c12. The number of aryl methyl sites for hydroxylation is 1. The van der Waals surface area contributed by atoms with E-state index in [-0.39, 0.29) is 17.3 Å². The molecule has 10 heteroatoms. The average molecular weight is 597 g/mol. The van der Waals surface area contributed by atoms with E-state index in [0.717, 1.165) is 72.7 Å². The molecule has 5 atom stereocenters. The molecule has 44 heavy (non-hydrogen) atoms. The van der Waals surface area contributed by atoms with Crippen LogP contribution in [0.15, 0.2) is 36.4 Å². The third-order valence-electron chi connectivity index (χ3n) is 10.8. The zero-order valence-electron chi connectivity index (χ0n) is 24.9. The first kappa shape index (κ1) is 26.6. The molecule has 2 aromatic heterocycles. The van der Waals surface area contributed by atoms with Gasteiger partial charge in [-0.25, -0.2) is 9.37 Å². The minimum Gasteiger partial charge on any atom is -0.508 e. The van der Waals surface area contributed by atoms with Crippen molar-refractivity contribution in [1.82, 2.24) is 25.2 Å². The molecule has 0 aliphatic carbocycles. The van der Waals surface area contributed by atoms with Gasteiger partial charge in [-0.1, -0.05) is 25.1 Å². The molecule has 5 aliphatic rings.